The van der Waals surface area contributed by atoms with Crippen LogP contribution in [0.5, 0.6) is 0 Å². The van der Waals surface area contributed by atoms with Crippen molar-refractivity contribution in [1.82, 2.24) is 4.98 Å². The molecular formula is C10H4Cl2N2. The minimum atomic E-state index is 0.462. The smallest absolute Gasteiger partial charge is 0.101 e. The molecule has 0 saturated heterocycles. The van der Waals surface area contributed by atoms with Crippen molar-refractivity contribution in [3.63, 3.8) is 0 Å². The molecule has 2 rings (SSSR count). The Kier molecular flexibility index (Phi) is 2.28. The maximum absolute atomic E-state index is 8.85. The Hall–Kier alpha value is -1.30. The van der Waals surface area contributed by atoms with Crippen LogP contribution in [-0.4, -0.2) is 4.98 Å². The number of nitrogens with zero attached hydrogens (tertiary/aromatic N) is 2. The normalized spacial score (nSPS) is 10.1. The van der Waals surface area contributed by atoms with E-state index in [4.69, 9.17) is 28.5 Å². The van der Waals surface area contributed by atoms with E-state index >= 15 is 0 Å². The van der Waals surface area contributed by atoms with Crippen molar-refractivity contribution in [2.75, 3.05) is 0 Å². The molecule has 0 aliphatic rings. The number of halogens is 2. The fourth-order valence-corrected chi connectivity index (χ4v) is 1.66. The average Bonchev–Trinajstić information content (AvgIpc) is 2.15. The van der Waals surface area contributed by atoms with Gasteiger partial charge in [-0.25, -0.2) is 0 Å². The first-order valence-corrected chi connectivity index (χ1v) is 4.61. The second-order valence-electron chi connectivity index (χ2n) is 2.79. The molecule has 0 aliphatic carbocycles. The first kappa shape index (κ1) is 9.26. The number of aromatic nitrogens is 1. The number of fused-ring (bicyclic) bond motifs is 1. The maximum Gasteiger partial charge on any atom is 0.101 e. The summed E-state index contributed by atoms with van der Waals surface area (Å²) in [4.78, 5) is 4.08. The highest BCUT2D eigenvalue weighted by atomic mass is 35.5. The zero-order chi connectivity index (χ0) is 10.1. The van der Waals surface area contributed by atoms with Gasteiger partial charge in [-0.1, -0.05) is 23.2 Å². The van der Waals surface area contributed by atoms with Crippen LogP contribution >= 0.6 is 23.2 Å². The van der Waals surface area contributed by atoms with Crippen LogP contribution in [0.1, 0.15) is 5.56 Å². The van der Waals surface area contributed by atoms with E-state index in [-0.39, 0.29) is 0 Å². The fourth-order valence-electron chi connectivity index (χ4n) is 1.27. The van der Waals surface area contributed by atoms with Gasteiger partial charge in [0.25, 0.3) is 0 Å². The van der Waals surface area contributed by atoms with Crippen molar-refractivity contribution in [3.05, 3.63) is 40.0 Å². The Labute approximate surface area is 90.7 Å². The van der Waals surface area contributed by atoms with Gasteiger partial charge in [0.1, 0.15) is 6.07 Å². The van der Waals surface area contributed by atoms with E-state index in [9.17, 15) is 0 Å². The predicted molar refractivity (Wildman–Crippen MR) is 56.5 cm³/mol. The van der Waals surface area contributed by atoms with Gasteiger partial charge in [-0.15, -0.1) is 0 Å². The van der Waals surface area contributed by atoms with Crippen LogP contribution in [-0.2, 0) is 0 Å². The van der Waals surface area contributed by atoms with E-state index in [0.717, 1.165) is 5.39 Å². The van der Waals surface area contributed by atoms with Crippen molar-refractivity contribution in [2.24, 2.45) is 0 Å². The Morgan fingerprint density at radius 3 is 2.57 bits per heavy atom. The first-order chi connectivity index (χ1) is 6.70. The lowest BCUT2D eigenvalue weighted by atomic mass is 10.1. The van der Waals surface area contributed by atoms with Crippen molar-refractivity contribution < 1.29 is 0 Å². The summed E-state index contributed by atoms with van der Waals surface area (Å²) in [6.07, 6.45) is 1.51. The summed E-state index contributed by atoms with van der Waals surface area (Å²) in [7, 11) is 0. The lowest BCUT2D eigenvalue weighted by Gasteiger charge is -2.00. The molecule has 2 nitrogen and oxygen atoms in total. The van der Waals surface area contributed by atoms with Crippen LogP contribution in [0.3, 0.4) is 0 Å². The number of pyridine rings is 1. The Bertz CT molecular complexity index is 538. The van der Waals surface area contributed by atoms with Gasteiger partial charge in [0, 0.05) is 16.6 Å². The Morgan fingerprint density at radius 2 is 1.86 bits per heavy atom. The van der Waals surface area contributed by atoms with Crippen LogP contribution < -0.4 is 0 Å². The van der Waals surface area contributed by atoms with Crippen molar-refractivity contribution in [2.45, 2.75) is 0 Å². The maximum atomic E-state index is 8.85. The number of nitriles is 1. The molecule has 1 aromatic carbocycles. The highest BCUT2D eigenvalue weighted by Gasteiger charge is 2.04. The standard InChI is InChI=1S/C10H4Cl2N2/c11-8-1-6-2-9(12)5-14-10(6)7(3-8)4-13/h1-3,5H. The van der Waals surface area contributed by atoms with E-state index < -0.39 is 0 Å². The first-order valence-electron chi connectivity index (χ1n) is 3.85. The third-order valence-electron chi connectivity index (χ3n) is 1.83. The second-order valence-corrected chi connectivity index (χ2v) is 3.66. The highest BCUT2D eigenvalue weighted by Crippen LogP contribution is 2.23. The SMILES string of the molecule is N#Cc1cc(Cl)cc2cc(Cl)cnc12. The predicted octanol–water partition coefficient (Wildman–Crippen LogP) is 3.41. The van der Waals surface area contributed by atoms with Gasteiger partial charge in [0.2, 0.25) is 0 Å². The third kappa shape index (κ3) is 1.52. The number of hydrogen-bond acceptors (Lipinski definition) is 2. The molecule has 0 unspecified atom stereocenters. The molecule has 1 heterocycles. The summed E-state index contributed by atoms with van der Waals surface area (Å²) < 4.78 is 0. The van der Waals surface area contributed by atoms with Gasteiger partial charge in [0.05, 0.1) is 16.1 Å². The van der Waals surface area contributed by atoms with E-state index in [1.165, 1.54) is 6.20 Å². The Morgan fingerprint density at radius 1 is 1.14 bits per heavy atom. The number of benzene rings is 1. The summed E-state index contributed by atoms with van der Waals surface area (Å²) in [6, 6.07) is 7.09. The van der Waals surface area contributed by atoms with Gasteiger partial charge < -0.3 is 0 Å². The van der Waals surface area contributed by atoms with Gasteiger partial charge in [-0.2, -0.15) is 5.26 Å². The summed E-state index contributed by atoms with van der Waals surface area (Å²) in [5, 5.41) is 10.7. The van der Waals surface area contributed by atoms with Gasteiger partial charge in [-0.3, -0.25) is 4.98 Å². The third-order valence-corrected chi connectivity index (χ3v) is 2.26. The van der Waals surface area contributed by atoms with E-state index in [1.54, 1.807) is 18.2 Å². The minimum absolute atomic E-state index is 0.462. The minimum Gasteiger partial charge on any atom is -0.253 e. The van der Waals surface area contributed by atoms with Gasteiger partial charge >= 0.3 is 0 Å². The summed E-state index contributed by atoms with van der Waals surface area (Å²) in [5.41, 5.74) is 1.09. The molecule has 2 aromatic rings. The molecule has 68 valence electrons. The second kappa shape index (κ2) is 3.45. The highest BCUT2D eigenvalue weighted by molar-refractivity contribution is 6.32. The monoisotopic (exact) mass is 222 g/mol. The largest absolute Gasteiger partial charge is 0.253 e. The van der Waals surface area contributed by atoms with Crippen LogP contribution in [0.2, 0.25) is 10.0 Å². The summed E-state index contributed by atoms with van der Waals surface area (Å²) >= 11 is 11.6. The van der Waals surface area contributed by atoms with Crippen LogP contribution in [0.15, 0.2) is 24.4 Å². The Balaban J connectivity index is 2.89. The van der Waals surface area contributed by atoms with Crippen molar-refractivity contribution in [3.8, 4) is 6.07 Å². The van der Waals surface area contributed by atoms with Crippen LogP contribution in [0.25, 0.3) is 10.9 Å². The van der Waals surface area contributed by atoms with Crippen molar-refractivity contribution in [1.29, 1.82) is 5.26 Å². The number of hydrogen-bond donors (Lipinski definition) is 0. The molecule has 0 atom stereocenters. The average molecular weight is 223 g/mol. The van der Waals surface area contributed by atoms with Gasteiger partial charge in [-0.05, 0) is 18.2 Å². The van der Waals surface area contributed by atoms with Crippen LogP contribution in [0.4, 0.5) is 0 Å². The molecule has 0 N–H and O–H groups in total. The zero-order valence-corrected chi connectivity index (χ0v) is 8.47. The lowest BCUT2D eigenvalue weighted by Crippen LogP contribution is -1.84. The molecule has 1 aromatic heterocycles. The lowest BCUT2D eigenvalue weighted by molar-refractivity contribution is 1.39. The van der Waals surface area contributed by atoms with Crippen LogP contribution in [0, 0.1) is 11.3 Å². The quantitative estimate of drug-likeness (QED) is 0.686. The molecule has 0 saturated carbocycles. The van der Waals surface area contributed by atoms with Gasteiger partial charge in [0.15, 0.2) is 0 Å². The van der Waals surface area contributed by atoms with Crippen molar-refractivity contribution >= 4 is 34.1 Å². The molecule has 0 amide bonds. The summed E-state index contributed by atoms with van der Waals surface area (Å²) in [6.45, 7) is 0. The zero-order valence-electron chi connectivity index (χ0n) is 6.96. The fraction of sp³-hybridized carbons (Fsp3) is 0. The number of rotatable bonds is 0. The molecule has 0 radical (unpaired) electrons. The van der Waals surface area contributed by atoms with E-state index in [1.807, 2.05) is 6.07 Å². The summed E-state index contributed by atoms with van der Waals surface area (Å²) in [5.74, 6) is 0. The topological polar surface area (TPSA) is 36.7 Å². The van der Waals surface area contributed by atoms with E-state index in [2.05, 4.69) is 4.98 Å². The molecule has 14 heavy (non-hydrogen) atoms. The molecule has 4 heteroatoms. The molecule has 0 spiro atoms. The molecule has 0 fully saturated rings. The molecular weight excluding hydrogens is 219 g/mol. The molecule has 0 aliphatic heterocycles. The molecule has 0 bridgehead atoms. The van der Waals surface area contributed by atoms with E-state index in [0.29, 0.717) is 21.1 Å².